The maximum atomic E-state index is 13.1. The summed E-state index contributed by atoms with van der Waals surface area (Å²) in [6, 6.07) is 9.91. The molecule has 2 aromatic rings. The molecule has 1 N–H and O–H groups in total. The van der Waals surface area contributed by atoms with E-state index in [1.54, 1.807) is 29.8 Å². The minimum atomic E-state index is -0.319. The molecule has 1 aliphatic rings. The predicted octanol–water partition coefficient (Wildman–Crippen LogP) is 3.14. The summed E-state index contributed by atoms with van der Waals surface area (Å²) in [6.07, 6.45) is 2.49. The molecule has 1 unspecified atom stereocenters. The van der Waals surface area contributed by atoms with Gasteiger partial charge in [0.2, 0.25) is 0 Å². The standard InChI is InChI=1S/C21H26FN3O2/c1-15-5-8-17(19(26)24(15)3)14-23-20(27)25-12-4-11-21(25,2)13-16-6-9-18(22)10-7-16/h5-10H,4,11-14H2,1-3H3,(H,23,27). The minimum absolute atomic E-state index is 0.0919. The average molecular weight is 371 g/mol. The summed E-state index contributed by atoms with van der Waals surface area (Å²) in [5.41, 5.74) is 2.04. The highest BCUT2D eigenvalue weighted by atomic mass is 19.1. The number of amides is 2. The number of rotatable bonds is 4. The van der Waals surface area contributed by atoms with Crippen LogP contribution in [0.3, 0.4) is 0 Å². The number of hydrogen-bond donors (Lipinski definition) is 1. The van der Waals surface area contributed by atoms with Crippen molar-refractivity contribution in [3.63, 3.8) is 0 Å². The third-order valence-electron chi connectivity index (χ3n) is 5.56. The lowest BCUT2D eigenvalue weighted by molar-refractivity contribution is 0.155. The second-order valence-corrected chi connectivity index (χ2v) is 7.58. The topological polar surface area (TPSA) is 54.3 Å². The van der Waals surface area contributed by atoms with Crippen molar-refractivity contribution in [2.45, 2.75) is 45.2 Å². The summed E-state index contributed by atoms with van der Waals surface area (Å²) in [4.78, 5) is 26.9. The number of benzene rings is 1. The van der Waals surface area contributed by atoms with E-state index in [1.165, 1.54) is 12.1 Å². The predicted molar refractivity (Wildman–Crippen MR) is 103 cm³/mol. The molecule has 144 valence electrons. The summed E-state index contributed by atoms with van der Waals surface area (Å²) >= 11 is 0. The van der Waals surface area contributed by atoms with Crippen LogP contribution in [-0.2, 0) is 20.0 Å². The molecule has 1 fully saturated rings. The number of hydrogen-bond acceptors (Lipinski definition) is 2. The first-order valence-corrected chi connectivity index (χ1v) is 9.25. The molecule has 0 bridgehead atoms. The molecule has 1 saturated heterocycles. The molecule has 3 rings (SSSR count). The molecule has 5 nitrogen and oxygen atoms in total. The van der Waals surface area contributed by atoms with Crippen LogP contribution < -0.4 is 10.9 Å². The SMILES string of the molecule is Cc1ccc(CNC(=O)N2CCCC2(C)Cc2ccc(F)cc2)c(=O)n1C. The molecule has 0 radical (unpaired) electrons. The van der Waals surface area contributed by atoms with Crippen molar-refractivity contribution in [3.8, 4) is 0 Å². The Hall–Kier alpha value is -2.63. The zero-order valence-electron chi connectivity index (χ0n) is 16.1. The van der Waals surface area contributed by atoms with E-state index in [0.29, 0.717) is 18.5 Å². The number of nitrogens with zero attached hydrogens (tertiary/aromatic N) is 2. The molecule has 0 aliphatic carbocycles. The Morgan fingerprint density at radius 2 is 1.93 bits per heavy atom. The highest BCUT2D eigenvalue weighted by molar-refractivity contribution is 5.75. The molecule has 6 heteroatoms. The molecule has 27 heavy (non-hydrogen) atoms. The summed E-state index contributed by atoms with van der Waals surface area (Å²) < 4.78 is 14.7. The van der Waals surface area contributed by atoms with Gasteiger partial charge in [-0.1, -0.05) is 18.2 Å². The van der Waals surface area contributed by atoms with Crippen molar-refractivity contribution in [3.05, 3.63) is 69.4 Å². The van der Waals surface area contributed by atoms with Gasteiger partial charge in [0.25, 0.3) is 5.56 Å². The number of carbonyl (C=O) groups excluding carboxylic acids is 1. The fourth-order valence-electron chi connectivity index (χ4n) is 3.78. The van der Waals surface area contributed by atoms with E-state index in [2.05, 4.69) is 12.2 Å². The Kier molecular flexibility index (Phi) is 5.35. The average Bonchev–Trinajstić information content (AvgIpc) is 3.02. The van der Waals surface area contributed by atoms with E-state index in [-0.39, 0.29) is 29.5 Å². The van der Waals surface area contributed by atoms with Gasteiger partial charge in [-0.15, -0.1) is 0 Å². The molecule has 1 atom stereocenters. The first-order valence-electron chi connectivity index (χ1n) is 9.25. The number of urea groups is 1. The largest absolute Gasteiger partial charge is 0.334 e. The number of aryl methyl sites for hydroxylation is 1. The molecule has 2 amide bonds. The van der Waals surface area contributed by atoms with Gasteiger partial charge in [-0.2, -0.15) is 0 Å². The van der Waals surface area contributed by atoms with Crippen LogP contribution in [0.2, 0.25) is 0 Å². The maximum Gasteiger partial charge on any atom is 0.318 e. The van der Waals surface area contributed by atoms with Crippen LogP contribution in [0.5, 0.6) is 0 Å². The van der Waals surface area contributed by atoms with Crippen molar-refractivity contribution in [1.29, 1.82) is 0 Å². The van der Waals surface area contributed by atoms with E-state index in [1.807, 2.05) is 17.9 Å². The van der Waals surface area contributed by atoms with Crippen LogP contribution in [-0.4, -0.2) is 27.6 Å². The van der Waals surface area contributed by atoms with Gasteiger partial charge >= 0.3 is 6.03 Å². The van der Waals surface area contributed by atoms with Crippen molar-refractivity contribution >= 4 is 6.03 Å². The van der Waals surface area contributed by atoms with Crippen molar-refractivity contribution in [1.82, 2.24) is 14.8 Å². The second kappa shape index (κ2) is 7.55. The summed E-state index contributed by atoms with van der Waals surface area (Å²) in [5.74, 6) is -0.260. The smallest absolute Gasteiger partial charge is 0.318 e. The molecule has 1 aliphatic heterocycles. The van der Waals surface area contributed by atoms with Crippen molar-refractivity contribution in [2.24, 2.45) is 7.05 Å². The van der Waals surface area contributed by atoms with Crippen LogP contribution in [0.15, 0.2) is 41.2 Å². The van der Waals surface area contributed by atoms with Gasteiger partial charge in [-0.05, 0) is 56.9 Å². The molecular weight excluding hydrogens is 345 g/mol. The molecule has 0 saturated carbocycles. The lowest BCUT2D eigenvalue weighted by atomic mass is 9.90. The summed E-state index contributed by atoms with van der Waals surface area (Å²) in [6.45, 7) is 4.81. The lowest BCUT2D eigenvalue weighted by Crippen LogP contribution is -2.51. The zero-order valence-corrected chi connectivity index (χ0v) is 16.1. The molecular formula is C21H26FN3O2. The van der Waals surface area contributed by atoms with Gasteiger partial charge in [-0.3, -0.25) is 4.79 Å². The van der Waals surface area contributed by atoms with Crippen LogP contribution >= 0.6 is 0 Å². The van der Waals surface area contributed by atoms with Gasteiger partial charge in [0.1, 0.15) is 5.82 Å². The minimum Gasteiger partial charge on any atom is -0.334 e. The van der Waals surface area contributed by atoms with Gasteiger partial charge in [0.15, 0.2) is 0 Å². The van der Waals surface area contributed by atoms with E-state index in [0.717, 1.165) is 24.1 Å². The lowest BCUT2D eigenvalue weighted by Gasteiger charge is -2.35. The Morgan fingerprint density at radius 1 is 1.22 bits per heavy atom. The van der Waals surface area contributed by atoms with Crippen LogP contribution in [0, 0.1) is 12.7 Å². The fourth-order valence-corrected chi connectivity index (χ4v) is 3.78. The maximum absolute atomic E-state index is 13.1. The Bertz CT molecular complexity index is 891. The first-order chi connectivity index (χ1) is 12.8. The number of aromatic nitrogens is 1. The van der Waals surface area contributed by atoms with E-state index in [9.17, 15) is 14.0 Å². The highest BCUT2D eigenvalue weighted by Gasteiger charge is 2.39. The summed E-state index contributed by atoms with van der Waals surface area (Å²) in [5, 5.41) is 2.89. The van der Waals surface area contributed by atoms with Gasteiger partial charge < -0.3 is 14.8 Å². The zero-order chi connectivity index (χ0) is 19.6. The normalized spacial score (nSPS) is 19.3. The molecule has 0 spiro atoms. The second-order valence-electron chi connectivity index (χ2n) is 7.58. The number of likely N-dealkylation sites (tertiary alicyclic amines) is 1. The molecule has 2 heterocycles. The quantitative estimate of drug-likeness (QED) is 0.898. The van der Waals surface area contributed by atoms with Crippen LogP contribution in [0.4, 0.5) is 9.18 Å². The van der Waals surface area contributed by atoms with E-state index < -0.39 is 0 Å². The number of pyridine rings is 1. The summed E-state index contributed by atoms with van der Waals surface area (Å²) in [7, 11) is 1.73. The van der Waals surface area contributed by atoms with E-state index >= 15 is 0 Å². The third kappa shape index (κ3) is 4.04. The molecule has 1 aromatic heterocycles. The van der Waals surface area contributed by atoms with Gasteiger partial charge in [-0.25, -0.2) is 9.18 Å². The number of halogens is 1. The Morgan fingerprint density at radius 3 is 2.63 bits per heavy atom. The van der Waals surface area contributed by atoms with Gasteiger partial charge in [0.05, 0.1) is 0 Å². The van der Waals surface area contributed by atoms with Gasteiger partial charge in [0, 0.05) is 36.9 Å². The number of nitrogens with one attached hydrogen (secondary N) is 1. The third-order valence-corrected chi connectivity index (χ3v) is 5.56. The van der Waals surface area contributed by atoms with E-state index in [4.69, 9.17) is 0 Å². The van der Waals surface area contributed by atoms with Crippen molar-refractivity contribution < 1.29 is 9.18 Å². The highest BCUT2D eigenvalue weighted by Crippen LogP contribution is 2.32. The van der Waals surface area contributed by atoms with Crippen LogP contribution in [0.1, 0.15) is 36.6 Å². The van der Waals surface area contributed by atoms with Crippen LogP contribution in [0.25, 0.3) is 0 Å². The van der Waals surface area contributed by atoms with Crippen molar-refractivity contribution in [2.75, 3.05) is 6.54 Å². The Balaban J connectivity index is 1.69. The monoisotopic (exact) mass is 371 g/mol. The Labute approximate surface area is 158 Å². The number of carbonyl (C=O) groups is 1. The fraction of sp³-hybridized carbons (Fsp3) is 0.429. The first kappa shape index (κ1) is 19.1. The molecule has 1 aromatic carbocycles.